The molecule has 0 bridgehead atoms. The van der Waals surface area contributed by atoms with Gasteiger partial charge in [-0.2, -0.15) is 0 Å². The number of fused-ring (bicyclic) bond motifs is 6. The standard InChI is InChI=1S/C27H22N6/c1-17-14-21-24(33-22-11-7-6-8-19(22)15-25(33)30-21)16-23(17)32-18(2)31(20-9-4-3-5-10-20)26-27(32)29-13-12-28-26/h3-14,16,18H,15H2,1-2H3/t18-/m0/s1. The smallest absolute Gasteiger partial charge is 0.178 e. The van der Waals surface area contributed by atoms with Crippen molar-refractivity contribution in [3.05, 3.63) is 96.1 Å². The molecule has 2 aliphatic rings. The number of anilines is 4. The van der Waals surface area contributed by atoms with Crippen molar-refractivity contribution in [2.45, 2.75) is 26.4 Å². The van der Waals surface area contributed by atoms with E-state index in [-0.39, 0.29) is 6.17 Å². The minimum Gasteiger partial charge on any atom is -0.302 e. The van der Waals surface area contributed by atoms with E-state index in [1.54, 1.807) is 12.4 Å². The molecule has 2 aromatic heterocycles. The molecule has 0 fully saturated rings. The third-order valence-electron chi connectivity index (χ3n) is 6.78. The monoisotopic (exact) mass is 430 g/mol. The van der Waals surface area contributed by atoms with Gasteiger partial charge in [-0.1, -0.05) is 36.4 Å². The van der Waals surface area contributed by atoms with Crippen LogP contribution >= 0.6 is 0 Å². The molecule has 0 N–H and O–H groups in total. The average molecular weight is 431 g/mol. The van der Waals surface area contributed by atoms with Gasteiger partial charge in [0.15, 0.2) is 11.6 Å². The van der Waals surface area contributed by atoms with Crippen LogP contribution in [0, 0.1) is 6.92 Å². The first kappa shape index (κ1) is 18.4. The summed E-state index contributed by atoms with van der Waals surface area (Å²) in [5.41, 5.74) is 8.12. The van der Waals surface area contributed by atoms with Gasteiger partial charge in [0.1, 0.15) is 12.0 Å². The molecule has 7 rings (SSSR count). The van der Waals surface area contributed by atoms with E-state index in [1.807, 2.05) is 6.07 Å². The predicted molar refractivity (Wildman–Crippen MR) is 131 cm³/mol. The van der Waals surface area contributed by atoms with Gasteiger partial charge >= 0.3 is 0 Å². The summed E-state index contributed by atoms with van der Waals surface area (Å²) < 4.78 is 2.31. The zero-order valence-corrected chi connectivity index (χ0v) is 18.5. The summed E-state index contributed by atoms with van der Waals surface area (Å²) in [6, 6.07) is 23.4. The normalized spacial score (nSPS) is 16.2. The number of aryl methyl sites for hydroxylation is 1. The lowest BCUT2D eigenvalue weighted by molar-refractivity contribution is 0.753. The van der Waals surface area contributed by atoms with Gasteiger partial charge in [0.25, 0.3) is 0 Å². The summed E-state index contributed by atoms with van der Waals surface area (Å²) in [4.78, 5) is 19.0. The zero-order chi connectivity index (χ0) is 22.1. The Morgan fingerprint density at radius 3 is 2.36 bits per heavy atom. The third kappa shape index (κ3) is 2.52. The number of rotatable bonds is 2. The van der Waals surface area contributed by atoms with Gasteiger partial charge in [0.2, 0.25) is 0 Å². The lowest BCUT2D eigenvalue weighted by Gasteiger charge is -2.30. The van der Waals surface area contributed by atoms with Gasteiger partial charge in [-0.3, -0.25) is 4.57 Å². The van der Waals surface area contributed by atoms with E-state index in [2.05, 4.69) is 88.9 Å². The Labute approximate surface area is 191 Å². The molecule has 0 radical (unpaired) electrons. The van der Waals surface area contributed by atoms with Crippen LogP contribution in [0.3, 0.4) is 0 Å². The molecular formula is C27H22N6. The number of hydrogen-bond acceptors (Lipinski definition) is 5. The van der Waals surface area contributed by atoms with E-state index in [0.717, 1.165) is 46.3 Å². The van der Waals surface area contributed by atoms with Crippen molar-refractivity contribution < 1.29 is 0 Å². The summed E-state index contributed by atoms with van der Waals surface area (Å²) in [6.45, 7) is 4.36. The Bertz CT molecular complexity index is 1540. The fraction of sp³-hybridized carbons (Fsp3) is 0.148. The van der Waals surface area contributed by atoms with Crippen molar-refractivity contribution in [2.24, 2.45) is 0 Å². The number of aromatic nitrogens is 4. The van der Waals surface area contributed by atoms with Crippen molar-refractivity contribution in [2.75, 3.05) is 9.80 Å². The van der Waals surface area contributed by atoms with E-state index in [0.29, 0.717) is 0 Å². The summed E-state index contributed by atoms with van der Waals surface area (Å²) in [7, 11) is 0. The Hall–Kier alpha value is -4.19. The number of hydrogen-bond donors (Lipinski definition) is 0. The molecule has 4 heterocycles. The largest absolute Gasteiger partial charge is 0.302 e. The van der Waals surface area contributed by atoms with Gasteiger partial charge in [-0.05, 0) is 55.3 Å². The number of imidazole rings is 1. The average Bonchev–Trinajstić information content (AvgIpc) is 3.46. The van der Waals surface area contributed by atoms with E-state index in [4.69, 9.17) is 15.0 Å². The molecule has 0 saturated carbocycles. The highest BCUT2D eigenvalue weighted by molar-refractivity contribution is 5.90. The van der Waals surface area contributed by atoms with Crippen LogP contribution in [0.5, 0.6) is 0 Å². The Morgan fingerprint density at radius 1 is 0.818 bits per heavy atom. The van der Waals surface area contributed by atoms with Crippen molar-refractivity contribution in [3.8, 4) is 5.69 Å². The van der Waals surface area contributed by atoms with Crippen molar-refractivity contribution in [1.29, 1.82) is 0 Å². The molecule has 6 nitrogen and oxygen atoms in total. The molecule has 0 saturated heterocycles. The van der Waals surface area contributed by atoms with E-state index in [1.165, 1.54) is 16.8 Å². The SMILES string of the molecule is Cc1cc2nc3n(c2cc1N1c2nccnc2N(c2ccccc2)[C@@H]1C)-c1ccccc1C3. The number of para-hydroxylation sites is 2. The van der Waals surface area contributed by atoms with E-state index < -0.39 is 0 Å². The fourth-order valence-corrected chi connectivity index (χ4v) is 5.34. The minimum atomic E-state index is 0.0224. The third-order valence-corrected chi connectivity index (χ3v) is 6.78. The maximum atomic E-state index is 4.97. The highest BCUT2D eigenvalue weighted by Crippen LogP contribution is 2.46. The van der Waals surface area contributed by atoms with Crippen LogP contribution in [0.1, 0.15) is 23.9 Å². The first-order valence-corrected chi connectivity index (χ1v) is 11.3. The van der Waals surface area contributed by atoms with Crippen LogP contribution in [0.15, 0.2) is 79.1 Å². The Kier molecular flexibility index (Phi) is 3.71. The van der Waals surface area contributed by atoms with Crippen molar-refractivity contribution in [3.63, 3.8) is 0 Å². The topological polar surface area (TPSA) is 50.1 Å². The Balaban J connectivity index is 1.43. The van der Waals surface area contributed by atoms with Crippen LogP contribution < -0.4 is 9.80 Å². The van der Waals surface area contributed by atoms with Crippen LogP contribution in [-0.4, -0.2) is 25.7 Å². The van der Waals surface area contributed by atoms with Gasteiger partial charge < -0.3 is 9.80 Å². The molecule has 160 valence electrons. The molecule has 0 spiro atoms. The van der Waals surface area contributed by atoms with Crippen molar-refractivity contribution in [1.82, 2.24) is 19.5 Å². The predicted octanol–water partition coefficient (Wildman–Crippen LogP) is 5.66. The van der Waals surface area contributed by atoms with E-state index in [9.17, 15) is 0 Å². The molecular weight excluding hydrogens is 408 g/mol. The molecule has 6 heteroatoms. The maximum absolute atomic E-state index is 4.97. The maximum Gasteiger partial charge on any atom is 0.178 e. The second-order valence-corrected chi connectivity index (χ2v) is 8.71. The molecule has 2 aliphatic heterocycles. The van der Waals surface area contributed by atoms with Crippen LogP contribution in [-0.2, 0) is 6.42 Å². The molecule has 1 atom stereocenters. The van der Waals surface area contributed by atoms with Crippen LogP contribution in [0.25, 0.3) is 16.7 Å². The lowest BCUT2D eigenvalue weighted by Crippen LogP contribution is -2.36. The van der Waals surface area contributed by atoms with Crippen molar-refractivity contribution >= 4 is 34.0 Å². The van der Waals surface area contributed by atoms with Crippen LogP contribution in [0.2, 0.25) is 0 Å². The van der Waals surface area contributed by atoms with Gasteiger partial charge in [0, 0.05) is 30.2 Å². The van der Waals surface area contributed by atoms with Crippen LogP contribution in [0.4, 0.5) is 23.0 Å². The summed E-state index contributed by atoms with van der Waals surface area (Å²) in [6.07, 6.45) is 4.43. The Morgan fingerprint density at radius 2 is 1.55 bits per heavy atom. The number of nitrogens with zero attached hydrogens (tertiary/aromatic N) is 6. The molecule has 0 amide bonds. The van der Waals surface area contributed by atoms with Gasteiger partial charge in [-0.15, -0.1) is 0 Å². The summed E-state index contributed by atoms with van der Waals surface area (Å²) >= 11 is 0. The zero-order valence-electron chi connectivity index (χ0n) is 18.5. The van der Waals surface area contributed by atoms with Gasteiger partial charge in [-0.25, -0.2) is 15.0 Å². The summed E-state index contributed by atoms with van der Waals surface area (Å²) in [5, 5.41) is 0. The molecule has 3 aromatic carbocycles. The quantitative estimate of drug-likeness (QED) is 0.355. The molecule has 0 unspecified atom stereocenters. The van der Waals surface area contributed by atoms with Gasteiger partial charge in [0.05, 0.1) is 16.7 Å². The molecule has 5 aromatic rings. The fourth-order valence-electron chi connectivity index (χ4n) is 5.34. The summed E-state index contributed by atoms with van der Waals surface area (Å²) in [5.74, 6) is 2.85. The minimum absolute atomic E-state index is 0.0224. The van der Waals surface area contributed by atoms with E-state index >= 15 is 0 Å². The molecule has 0 aliphatic carbocycles. The highest BCUT2D eigenvalue weighted by atomic mass is 15.5. The molecule has 33 heavy (non-hydrogen) atoms. The second kappa shape index (κ2) is 6.65. The highest BCUT2D eigenvalue weighted by Gasteiger charge is 2.38. The number of benzene rings is 3. The lowest BCUT2D eigenvalue weighted by atomic mass is 10.1. The first-order valence-electron chi connectivity index (χ1n) is 11.3. The first-order chi connectivity index (χ1) is 16.2. The second-order valence-electron chi connectivity index (χ2n) is 8.71.